The Morgan fingerprint density at radius 1 is 0.471 bits per heavy atom. The summed E-state index contributed by atoms with van der Waals surface area (Å²) in [6.07, 6.45) is 8.26. The molecule has 0 saturated carbocycles. The van der Waals surface area contributed by atoms with Crippen LogP contribution in [0.2, 0.25) is 0 Å². The van der Waals surface area contributed by atoms with Crippen molar-refractivity contribution in [1.82, 2.24) is 0 Å². The summed E-state index contributed by atoms with van der Waals surface area (Å²) in [6.45, 7) is 0.285. The zero-order chi connectivity index (χ0) is 48.2. The largest absolute Gasteiger partial charge is 0.494 e. The molecule has 0 bridgehead atoms. The molecule has 10 heteroatoms. The molecule has 0 aromatic heterocycles. The van der Waals surface area contributed by atoms with Crippen LogP contribution in [0.4, 0.5) is 34.1 Å². The summed E-state index contributed by atoms with van der Waals surface area (Å²) in [7, 11) is 6.84. The number of amides is 1. The van der Waals surface area contributed by atoms with Crippen LogP contribution in [0, 0.1) is 0 Å². The summed E-state index contributed by atoms with van der Waals surface area (Å²) in [6, 6.07) is 63.4. The third-order valence-corrected chi connectivity index (χ3v) is 11.8. The molecule has 344 valence electrons. The van der Waals surface area contributed by atoms with Gasteiger partial charge in [0.05, 0.1) is 36.8 Å². The van der Waals surface area contributed by atoms with E-state index in [-0.39, 0.29) is 12.5 Å². The standard InChI is InChI=1S/C60H50N6O4/c1-65(51-23-7-5-8-24-51)60(67)55-40-47-20-12-14-28-54(47)57(59(55)69-4)64-62-50-22-16-18-45(38-50)36-34-43-31-29-42(30-32-43)33-35-44-17-15-21-49(37-44)61-63-56-53-27-13-11-19-46(53)39-48(58(56)68-3)41-70-66(2)52-25-9-6-10-26-52/h5-40H,41H2,1-4H3. The fourth-order valence-corrected chi connectivity index (χ4v) is 8.10. The van der Waals surface area contributed by atoms with Gasteiger partial charge in [0.1, 0.15) is 18.0 Å². The van der Waals surface area contributed by atoms with Crippen molar-refractivity contribution in [2.45, 2.75) is 6.61 Å². The van der Waals surface area contributed by atoms with E-state index in [1.165, 1.54) is 0 Å². The first-order valence-electron chi connectivity index (χ1n) is 22.8. The Kier molecular flexibility index (Phi) is 14.3. The van der Waals surface area contributed by atoms with E-state index in [1.807, 2.05) is 171 Å². The van der Waals surface area contributed by atoms with Crippen LogP contribution in [0.1, 0.15) is 38.2 Å². The van der Waals surface area contributed by atoms with Gasteiger partial charge in [0.25, 0.3) is 5.91 Å². The van der Waals surface area contributed by atoms with E-state index in [2.05, 4.69) is 64.9 Å². The predicted octanol–water partition coefficient (Wildman–Crippen LogP) is 16.0. The van der Waals surface area contributed by atoms with Crippen molar-refractivity contribution in [3.63, 3.8) is 0 Å². The van der Waals surface area contributed by atoms with Gasteiger partial charge in [0.15, 0.2) is 11.5 Å². The zero-order valence-corrected chi connectivity index (χ0v) is 39.3. The minimum atomic E-state index is -0.212. The number of azo groups is 2. The number of rotatable bonds is 16. The van der Waals surface area contributed by atoms with Crippen LogP contribution in [0.5, 0.6) is 11.5 Å². The van der Waals surface area contributed by atoms with Crippen molar-refractivity contribution in [3.8, 4) is 11.5 Å². The SMILES string of the molecule is COc1c(CON(C)c2ccccc2)cc2ccccc2c1N=Nc1cccc(C=Cc2ccc(C=Cc3cccc(N=Nc4c(OC)c(C(=O)N(C)c5ccccc5)cc5ccccc45)c3)cc2)c1. The normalized spacial score (nSPS) is 11.7. The van der Waals surface area contributed by atoms with E-state index in [0.717, 1.165) is 60.7 Å². The number of nitrogens with zero attached hydrogens (tertiary/aromatic N) is 6. The first-order valence-corrected chi connectivity index (χ1v) is 22.8. The van der Waals surface area contributed by atoms with Gasteiger partial charge in [-0.05, 0) is 93.7 Å². The number of methoxy groups -OCH3 is 2. The van der Waals surface area contributed by atoms with Gasteiger partial charge >= 0.3 is 0 Å². The van der Waals surface area contributed by atoms with Crippen LogP contribution in [-0.2, 0) is 11.4 Å². The lowest BCUT2D eigenvalue weighted by molar-refractivity contribution is 0.0990. The highest BCUT2D eigenvalue weighted by Gasteiger charge is 2.23. The van der Waals surface area contributed by atoms with E-state index in [9.17, 15) is 4.79 Å². The number of anilines is 2. The second kappa shape index (κ2) is 21.8. The molecule has 0 N–H and O–H groups in total. The quantitative estimate of drug-likeness (QED) is 0.0546. The Bertz CT molecular complexity index is 3410. The van der Waals surface area contributed by atoms with Crippen molar-refractivity contribution in [1.29, 1.82) is 0 Å². The summed E-state index contributed by atoms with van der Waals surface area (Å²) in [5, 5.41) is 24.2. The maximum Gasteiger partial charge on any atom is 0.261 e. The Balaban J connectivity index is 0.874. The van der Waals surface area contributed by atoms with Gasteiger partial charge in [-0.25, -0.2) is 0 Å². The molecule has 9 rings (SSSR count). The highest BCUT2D eigenvalue weighted by atomic mass is 16.7. The first-order chi connectivity index (χ1) is 34.3. The number of para-hydroxylation sites is 2. The monoisotopic (exact) mass is 918 g/mol. The lowest BCUT2D eigenvalue weighted by Crippen LogP contribution is -2.26. The number of ether oxygens (including phenoxy) is 2. The summed E-state index contributed by atoms with van der Waals surface area (Å²) < 4.78 is 11.8. The summed E-state index contributed by atoms with van der Waals surface area (Å²) >= 11 is 0. The number of fused-ring (bicyclic) bond motifs is 2. The fourth-order valence-electron chi connectivity index (χ4n) is 8.10. The molecular weight excluding hydrogens is 869 g/mol. The van der Waals surface area contributed by atoms with Gasteiger partial charge < -0.3 is 14.4 Å². The minimum absolute atomic E-state index is 0.212. The molecule has 0 heterocycles. The molecule has 10 nitrogen and oxygen atoms in total. The number of carbonyl (C=O) groups is 1. The van der Waals surface area contributed by atoms with E-state index in [0.29, 0.717) is 39.8 Å². The second-order valence-corrected chi connectivity index (χ2v) is 16.4. The molecule has 9 aromatic carbocycles. The van der Waals surface area contributed by atoms with Gasteiger partial charge in [0.2, 0.25) is 0 Å². The first kappa shape index (κ1) is 46.1. The van der Waals surface area contributed by atoms with E-state index < -0.39 is 0 Å². The number of hydrogen-bond donors (Lipinski definition) is 0. The Morgan fingerprint density at radius 3 is 1.49 bits per heavy atom. The van der Waals surface area contributed by atoms with Crippen molar-refractivity contribution in [2.75, 3.05) is 38.3 Å². The number of hydroxylamine groups is 1. The predicted molar refractivity (Wildman–Crippen MR) is 285 cm³/mol. The third kappa shape index (κ3) is 10.7. The van der Waals surface area contributed by atoms with E-state index in [1.54, 1.807) is 31.2 Å². The second-order valence-electron chi connectivity index (χ2n) is 16.4. The number of benzene rings is 9. The van der Waals surface area contributed by atoms with Gasteiger partial charge in [-0.3, -0.25) is 14.7 Å². The Hall–Kier alpha value is -8.99. The van der Waals surface area contributed by atoms with Gasteiger partial charge in [0, 0.05) is 36.1 Å². The molecule has 0 unspecified atom stereocenters. The maximum absolute atomic E-state index is 13.9. The van der Waals surface area contributed by atoms with Crippen LogP contribution in [-0.4, -0.2) is 34.2 Å². The number of carbonyl (C=O) groups excluding carboxylic acids is 1. The average molecular weight is 919 g/mol. The lowest BCUT2D eigenvalue weighted by atomic mass is 10.0. The molecule has 9 aromatic rings. The molecule has 0 saturated heterocycles. The van der Waals surface area contributed by atoms with Crippen LogP contribution in [0.25, 0.3) is 45.8 Å². The molecule has 70 heavy (non-hydrogen) atoms. The molecule has 0 radical (unpaired) electrons. The van der Waals surface area contributed by atoms with E-state index >= 15 is 0 Å². The Labute approximate surface area is 407 Å². The Morgan fingerprint density at radius 2 is 0.943 bits per heavy atom. The summed E-state index contributed by atoms with van der Waals surface area (Å²) in [5.74, 6) is 0.768. The molecule has 0 aliphatic heterocycles. The number of hydrogen-bond acceptors (Lipinski definition) is 9. The van der Waals surface area contributed by atoms with Crippen molar-refractivity contribution in [2.24, 2.45) is 20.5 Å². The summed E-state index contributed by atoms with van der Waals surface area (Å²) in [4.78, 5) is 21.6. The van der Waals surface area contributed by atoms with Gasteiger partial charge in [-0.15, -0.1) is 10.2 Å². The molecule has 0 atom stereocenters. The van der Waals surface area contributed by atoms with Gasteiger partial charge in [-0.1, -0.05) is 158 Å². The molecule has 0 aliphatic rings. The molecule has 0 fully saturated rings. The van der Waals surface area contributed by atoms with E-state index in [4.69, 9.17) is 24.5 Å². The maximum atomic E-state index is 13.9. The fraction of sp³-hybridized carbons (Fsp3) is 0.0833. The molecule has 0 spiro atoms. The third-order valence-electron chi connectivity index (χ3n) is 11.8. The van der Waals surface area contributed by atoms with Crippen LogP contribution in [0.15, 0.2) is 215 Å². The van der Waals surface area contributed by atoms with Crippen molar-refractivity contribution >= 4 is 85.9 Å². The van der Waals surface area contributed by atoms with Crippen LogP contribution < -0.4 is 19.4 Å². The highest BCUT2D eigenvalue weighted by Crippen LogP contribution is 2.42. The molecule has 0 aliphatic carbocycles. The highest BCUT2D eigenvalue weighted by molar-refractivity contribution is 6.12. The average Bonchev–Trinajstić information content (AvgIpc) is 3.42. The topological polar surface area (TPSA) is 101 Å². The van der Waals surface area contributed by atoms with Crippen LogP contribution in [0.3, 0.4) is 0 Å². The van der Waals surface area contributed by atoms with Gasteiger partial charge in [-0.2, -0.15) is 10.2 Å². The van der Waals surface area contributed by atoms with Crippen molar-refractivity contribution < 1.29 is 19.1 Å². The van der Waals surface area contributed by atoms with Crippen molar-refractivity contribution in [3.05, 3.63) is 228 Å². The van der Waals surface area contributed by atoms with Crippen LogP contribution >= 0.6 is 0 Å². The lowest BCUT2D eigenvalue weighted by Gasteiger charge is -2.20. The minimum Gasteiger partial charge on any atom is -0.494 e. The molecular formula is C60H50N6O4. The zero-order valence-electron chi connectivity index (χ0n) is 39.3. The molecule has 1 amide bonds. The smallest absolute Gasteiger partial charge is 0.261 e. The summed E-state index contributed by atoms with van der Waals surface area (Å²) in [5.41, 5.74) is 9.54.